The molecule has 1 aliphatic heterocycles. The third-order valence-electron chi connectivity index (χ3n) is 5.00. The van der Waals surface area contributed by atoms with Gasteiger partial charge < -0.3 is 0 Å². The lowest BCUT2D eigenvalue weighted by Crippen LogP contribution is -2.47. The molecule has 1 N–H and O–H groups in total. The van der Waals surface area contributed by atoms with Gasteiger partial charge >= 0.3 is 0 Å². The molecule has 0 aromatic heterocycles. The second-order valence-electron chi connectivity index (χ2n) is 6.32. The summed E-state index contributed by atoms with van der Waals surface area (Å²) >= 11 is 0. The summed E-state index contributed by atoms with van der Waals surface area (Å²) in [4.78, 5) is 37.2. The number of imide groups is 1. The molecule has 1 heterocycles. The van der Waals surface area contributed by atoms with Gasteiger partial charge in [0.15, 0.2) is 0 Å². The second kappa shape index (κ2) is 4.53. The van der Waals surface area contributed by atoms with Crippen LogP contribution in [0.25, 0.3) is 0 Å². The predicted molar refractivity (Wildman–Crippen MR) is 78.2 cm³/mol. The number of benzene rings is 1. The molecule has 112 valence electrons. The Bertz CT molecular complexity index is 677. The number of hydrazine groups is 1. The normalized spacial score (nSPS) is 31.8. The van der Waals surface area contributed by atoms with Crippen LogP contribution in [0.2, 0.25) is 0 Å². The highest BCUT2D eigenvalue weighted by atomic mass is 16.2. The molecule has 4 atom stereocenters. The Labute approximate surface area is 128 Å². The van der Waals surface area contributed by atoms with Crippen molar-refractivity contribution in [3.63, 3.8) is 0 Å². The van der Waals surface area contributed by atoms with Gasteiger partial charge in [0.2, 0.25) is 0 Å². The SMILES string of the molecule is Cc1ccc(C(=O)NN2C(=O)[C@@H]3[C@H](C2=O)[C@H]2C=C[C@@H]3C2)cc1. The Morgan fingerprint density at radius 3 is 2.14 bits per heavy atom. The maximum absolute atomic E-state index is 12.5. The van der Waals surface area contributed by atoms with Gasteiger partial charge in [0.05, 0.1) is 11.8 Å². The van der Waals surface area contributed by atoms with Crippen molar-refractivity contribution in [1.29, 1.82) is 0 Å². The number of aryl methyl sites for hydroxylation is 1. The van der Waals surface area contributed by atoms with E-state index in [1.54, 1.807) is 12.1 Å². The molecule has 3 aliphatic rings. The number of rotatable bonds is 2. The summed E-state index contributed by atoms with van der Waals surface area (Å²) in [5.41, 5.74) is 3.96. The maximum Gasteiger partial charge on any atom is 0.270 e. The van der Waals surface area contributed by atoms with Crippen molar-refractivity contribution in [2.75, 3.05) is 0 Å². The Morgan fingerprint density at radius 1 is 1.05 bits per heavy atom. The first kappa shape index (κ1) is 13.2. The molecule has 0 unspecified atom stereocenters. The van der Waals surface area contributed by atoms with E-state index in [-0.39, 0.29) is 35.5 Å². The third-order valence-corrected chi connectivity index (χ3v) is 5.00. The number of fused-ring (bicyclic) bond motifs is 5. The number of allylic oxidation sites excluding steroid dienone is 2. The number of carbonyl (C=O) groups excluding carboxylic acids is 3. The highest BCUT2D eigenvalue weighted by Gasteiger charge is 2.59. The van der Waals surface area contributed by atoms with Crippen molar-refractivity contribution in [3.05, 3.63) is 47.5 Å². The molecule has 4 rings (SSSR count). The summed E-state index contributed by atoms with van der Waals surface area (Å²) in [6.07, 6.45) is 4.94. The van der Waals surface area contributed by atoms with Crippen LogP contribution in [0.1, 0.15) is 22.3 Å². The molecular formula is C17H16N2O3. The first-order chi connectivity index (χ1) is 10.6. The zero-order chi connectivity index (χ0) is 15.4. The molecule has 0 spiro atoms. The van der Waals surface area contributed by atoms with E-state index in [0.29, 0.717) is 5.56 Å². The van der Waals surface area contributed by atoms with Crippen molar-refractivity contribution < 1.29 is 14.4 Å². The van der Waals surface area contributed by atoms with Gasteiger partial charge in [-0.25, -0.2) is 0 Å². The molecule has 2 bridgehead atoms. The zero-order valence-electron chi connectivity index (χ0n) is 12.2. The highest BCUT2D eigenvalue weighted by molar-refractivity contribution is 6.08. The third kappa shape index (κ3) is 1.75. The average Bonchev–Trinajstić information content (AvgIpc) is 3.17. The molecule has 1 saturated carbocycles. The van der Waals surface area contributed by atoms with Crippen LogP contribution in [0.5, 0.6) is 0 Å². The molecule has 3 amide bonds. The van der Waals surface area contributed by atoms with Crippen LogP contribution in [0.15, 0.2) is 36.4 Å². The van der Waals surface area contributed by atoms with Gasteiger partial charge in [-0.05, 0) is 37.3 Å². The van der Waals surface area contributed by atoms with Crippen LogP contribution in [0.4, 0.5) is 0 Å². The molecule has 5 heteroatoms. The minimum atomic E-state index is -0.429. The number of nitrogens with one attached hydrogen (secondary N) is 1. The number of carbonyl (C=O) groups is 3. The molecular weight excluding hydrogens is 280 g/mol. The standard InChI is InChI=1S/C17H16N2O3/c1-9-2-4-10(5-3-9)15(20)18-19-16(21)13-11-6-7-12(8-11)14(13)17(19)22/h2-7,11-14H,8H2,1H3,(H,18,20)/t11-,12+,13+,14-. The summed E-state index contributed by atoms with van der Waals surface area (Å²) in [5.74, 6) is -1.26. The lowest BCUT2D eigenvalue weighted by Gasteiger charge is -2.18. The molecule has 2 fully saturated rings. The largest absolute Gasteiger partial charge is 0.272 e. The fraction of sp³-hybridized carbons (Fsp3) is 0.353. The van der Waals surface area contributed by atoms with Crippen molar-refractivity contribution in [2.45, 2.75) is 13.3 Å². The fourth-order valence-electron chi connectivity index (χ4n) is 3.88. The van der Waals surface area contributed by atoms with Gasteiger partial charge in [0, 0.05) is 5.56 Å². The summed E-state index contributed by atoms with van der Waals surface area (Å²) < 4.78 is 0. The Balaban J connectivity index is 1.54. The van der Waals surface area contributed by atoms with Gasteiger partial charge in [-0.1, -0.05) is 29.8 Å². The molecule has 22 heavy (non-hydrogen) atoms. The first-order valence-electron chi connectivity index (χ1n) is 7.50. The van der Waals surface area contributed by atoms with Gasteiger partial charge in [-0.15, -0.1) is 0 Å². The van der Waals surface area contributed by atoms with Crippen molar-refractivity contribution in [1.82, 2.24) is 10.4 Å². The molecule has 0 radical (unpaired) electrons. The van der Waals surface area contributed by atoms with E-state index in [4.69, 9.17) is 0 Å². The summed E-state index contributed by atoms with van der Waals surface area (Å²) in [6.45, 7) is 1.93. The predicted octanol–water partition coefficient (Wildman–Crippen LogP) is 1.45. The second-order valence-corrected chi connectivity index (χ2v) is 6.32. The molecule has 1 aromatic carbocycles. The lowest BCUT2D eigenvalue weighted by molar-refractivity contribution is -0.143. The van der Waals surface area contributed by atoms with Crippen LogP contribution >= 0.6 is 0 Å². The van der Waals surface area contributed by atoms with Gasteiger partial charge in [-0.2, -0.15) is 5.01 Å². The summed E-state index contributed by atoms with van der Waals surface area (Å²) in [7, 11) is 0. The fourth-order valence-corrected chi connectivity index (χ4v) is 3.88. The number of nitrogens with zero attached hydrogens (tertiary/aromatic N) is 1. The quantitative estimate of drug-likeness (QED) is 0.663. The Morgan fingerprint density at radius 2 is 1.59 bits per heavy atom. The topological polar surface area (TPSA) is 66.5 Å². The van der Waals surface area contributed by atoms with Crippen LogP contribution < -0.4 is 5.43 Å². The lowest BCUT2D eigenvalue weighted by atomic mass is 9.85. The number of hydrogen-bond donors (Lipinski definition) is 1. The van der Waals surface area contributed by atoms with E-state index >= 15 is 0 Å². The van der Waals surface area contributed by atoms with Gasteiger partial charge in [0.25, 0.3) is 17.7 Å². The molecule has 1 aromatic rings. The summed E-state index contributed by atoms with van der Waals surface area (Å²) in [5, 5.41) is 0.934. The van der Waals surface area contributed by atoms with Crippen LogP contribution in [0, 0.1) is 30.6 Å². The van der Waals surface area contributed by atoms with Crippen molar-refractivity contribution in [2.24, 2.45) is 23.7 Å². The van der Waals surface area contributed by atoms with E-state index < -0.39 is 5.91 Å². The van der Waals surface area contributed by atoms with E-state index in [9.17, 15) is 14.4 Å². The smallest absolute Gasteiger partial charge is 0.270 e. The van der Waals surface area contributed by atoms with E-state index in [2.05, 4.69) is 5.43 Å². The zero-order valence-corrected chi connectivity index (χ0v) is 12.2. The van der Waals surface area contributed by atoms with Crippen LogP contribution in [0.3, 0.4) is 0 Å². The maximum atomic E-state index is 12.5. The number of hydrogen-bond acceptors (Lipinski definition) is 3. The molecule has 1 saturated heterocycles. The summed E-state index contributed by atoms with van der Waals surface area (Å²) in [6, 6.07) is 7.01. The van der Waals surface area contributed by atoms with Crippen LogP contribution in [-0.4, -0.2) is 22.7 Å². The molecule has 5 nitrogen and oxygen atoms in total. The monoisotopic (exact) mass is 296 g/mol. The minimum Gasteiger partial charge on any atom is -0.272 e. The van der Waals surface area contributed by atoms with Crippen LogP contribution in [-0.2, 0) is 9.59 Å². The van der Waals surface area contributed by atoms with E-state index in [0.717, 1.165) is 17.0 Å². The number of amides is 3. The minimum absolute atomic E-state index is 0.146. The first-order valence-corrected chi connectivity index (χ1v) is 7.50. The Hall–Kier alpha value is -2.43. The Kier molecular flexibility index (Phi) is 2.73. The van der Waals surface area contributed by atoms with Crippen molar-refractivity contribution in [3.8, 4) is 0 Å². The van der Waals surface area contributed by atoms with E-state index in [1.807, 2.05) is 31.2 Å². The highest BCUT2D eigenvalue weighted by Crippen LogP contribution is 2.52. The molecule has 2 aliphatic carbocycles. The average molecular weight is 296 g/mol. The van der Waals surface area contributed by atoms with Gasteiger partial charge in [-0.3, -0.25) is 19.8 Å². The van der Waals surface area contributed by atoms with E-state index in [1.165, 1.54) is 0 Å². The van der Waals surface area contributed by atoms with Crippen molar-refractivity contribution >= 4 is 17.7 Å². The van der Waals surface area contributed by atoms with Gasteiger partial charge in [0.1, 0.15) is 0 Å².